The molecule has 0 bridgehead atoms. The van der Waals surface area contributed by atoms with Crippen molar-refractivity contribution in [2.24, 2.45) is 5.92 Å². The minimum Gasteiger partial charge on any atom is -0.495 e. The lowest BCUT2D eigenvalue weighted by Crippen LogP contribution is -2.33. The Morgan fingerprint density at radius 2 is 1.90 bits per heavy atom. The Hall–Kier alpha value is -3.86. The van der Waals surface area contributed by atoms with E-state index in [1.54, 1.807) is 48.5 Å². The normalized spacial score (nSPS) is 16.5. The van der Waals surface area contributed by atoms with Gasteiger partial charge in [0.25, 0.3) is 5.91 Å². The highest BCUT2D eigenvalue weighted by molar-refractivity contribution is 6.01. The van der Waals surface area contributed by atoms with Crippen LogP contribution in [-0.2, 0) is 19.1 Å². The van der Waals surface area contributed by atoms with Crippen LogP contribution in [0.2, 0.25) is 0 Å². The topological polar surface area (TPSA) is 109 Å². The van der Waals surface area contributed by atoms with Gasteiger partial charge in [0.1, 0.15) is 5.75 Å². The Bertz CT molecular complexity index is 997. The summed E-state index contributed by atoms with van der Waals surface area (Å²) in [6.07, 6.45) is -1.04. The molecular weight excluding hydrogens is 386 g/mol. The van der Waals surface area contributed by atoms with Crippen LogP contribution in [-0.4, -0.2) is 37.5 Å². The van der Waals surface area contributed by atoms with Crippen LogP contribution in [0.5, 0.6) is 5.75 Å². The molecule has 0 spiro atoms. The van der Waals surface area contributed by atoms with Crippen molar-refractivity contribution in [2.45, 2.75) is 19.4 Å². The van der Waals surface area contributed by atoms with Gasteiger partial charge in [0.05, 0.1) is 30.3 Å². The lowest BCUT2D eigenvalue weighted by molar-refractivity contribution is -0.157. The summed E-state index contributed by atoms with van der Waals surface area (Å²) < 4.78 is 10.6. The Kier molecular flexibility index (Phi) is 6.32. The molecule has 3 rings (SSSR count). The molecule has 1 fully saturated rings. The number of nitrogens with one attached hydrogen (secondary N) is 1. The first-order chi connectivity index (χ1) is 14.4. The van der Waals surface area contributed by atoms with Crippen LogP contribution in [0.25, 0.3) is 0 Å². The monoisotopic (exact) mass is 407 g/mol. The Labute approximate surface area is 174 Å². The highest BCUT2D eigenvalue weighted by Crippen LogP contribution is 2.33. The maximum atomic E-state index is 12.5. The molecule has 0 saturated carbocycles. The number of hydrogen-bond donors (Lipinski definition) is 1. The van der Waals surface area contributed by atoms with E-state index in [2.05, 4.69) is 5.32 Å². The van der Waals surface area contributed by atoms with E-state index in [1.165, 1.54) is 18.9 Å². The van der Waals surface area contributed by atoms with E-state index in [0.29, 0.717) is 22.7 Å². The molecule has 0 aromatic heterocycles. The van der Waals surface area contributed by atoms with E-state index < -0.39 is 23.9 Å². The maximum absolute atomic E-state index is 12.5. The van der Waals surface area contributed by atoms with Crippen molar-refractivity contribution in [2.75, 3.05) is 23.9 Å². The number of methoxy groups -OCH3 is 1. The molecule has 30 heavy (non-hydrogen) atoms. The fraction of sp³-hybridized carbons (Fsp3) is 0.273. The van der Waals surface area contributed by atoms with Gasteiger partial charge in [-0.3, -0.25) is 14.4 Å². The Morgan fingerprint density at radius 1 is 1.20 bits per heavy atom. The van der Waals surface area contributed by atoms with Crippen molar-refractivity contribution in [1.29, 1.82) is 5.26 Å². The summed E-state index contributed by atoms with van der Waals surface area (Å²) in [5.41, 5.74) is 1.55. The molecule has 0 unspecified atom stereocenters. The molecule has 0 aliphatic carbocycles. The fourth-order valence-corrected chi connectivity index (χ4v) is 3.15. The van der Waals surface area contributed by atoms with E-state index in [-0.39, 0.29) is 18.9 Å². The first-order valence-corrected chi connectivity index (χ1v) is 9.38. The zero-order valence-corrected chi connectivity index (χ0v) is 16.6. The first kappa shape index (κ1) is 20.9. The molecule has 8 nitrogen and oxygen atoms in total. The molecule has 8 heteroatoms. The number of carbonyl (C=O) groups excluding carboxylic acids is 3. The average molecular weight is 407 g/mol. The zero-order valence-electron chi connectivity index (χ0n) is 16.6. The van der Waals surface area contributed by atoms with Crippen LogP contribution in [0.15, 0.2) is 48.5 Å². The summed E-state index contributed by atoms with van der Waals surface area (Å²) in [6.45, 7) is 1.62. The lowest BCUT2D eigenvalue weighted by atomic mass is 10.1. The van der Waals surface area contributed by atoms with E-state index >= 15 is 0 Å². The molecule has 154 valence electrons. The number of anilines is 2. The summed E-state index contributed by atoms with van der Waals surface area (Å²) in [7, 11) is 1.51. The smallest absolute Gasteiger partial charge is 0.312 e. The maximum Gasteiger partial charge on any atom is 0.312 e. The van der Waals surface area contributed by atoms with Crippen molar-refractivity contribution < 1.29 is 23.9 Å². The minimum absolute atomic E-state index is 0.000836. The van der Waals surface area contributed by atoms with Crippen LogP contribution in [0.3, 0.4) is 0 Å². The van der Waals surface area contributed by atoms with Crippen LogP contribution < -0.4 is 15.0 Å². The number of esters is 1. The second-order valence-corrected chi connectivity index (χ2v) is 6.83. The molecule has 1 aliphatic rings. The van der Waals surface area contributed by atoms with Gasteiger partial charge in [0, 0.05) is 18.7 Å². The highest BCUT2D eigenvalue weighted by Gasteiger charge is 2.38. The van der Waals surface area contributed by atoms with Gasteiger partial charge in [-0.1, -0.05) is 12.1 Å². The molecule has 0 radical (unpaired) electrons. The number of amides is 2. The SMILES string of the molecule is COc1ccccc1N1C[C@@H](C(=O)O[C@@H](C)C(=O)Nc2ccc(C#N)cc2)CC1=O. The largest absolute Gasteiger partial charge is 0.495 e. The van der Waals surface area contributed by atoms with Gasteiger partial charge in [0.15, 0.2) is 6.10 Å². The van der Waals surface area contributed by atoms with Gasteiger partial charge in [-0.2, -0.15) is 5.26 Å². The summed E-state index contributed by atoms with van der Waals surface area (Å²) >= 11 is 0. The molecule has 2 atom stereocenters. The van der Waals surface area contributed by atoms with Crippen molar-refractivity contribution in [3.05, 3.63) is 54.1 Å². The van der Waals surface area contributed by atoms with Crippen LogP contribution in [0, 0.1) is 17.2 Å². The third kappa shape index (κ3) is 4.58. The molecule has 1 heterocycles. The predicted octanol–water partition coefficient (Wildman–Crippen LogP) is 2.49. The van der Waals surface area contributed by atoms with Gasteiger partial charge >= 0.3 is 5.97 Å². The second-order valence-electron chi connectivity index (χ2n) is 6.83. The lowest BCUT2D eigenvalue weighted by Gasteiger charge is -2.20. The van der Waals surface area contributed by atoms with Crippen molar-refractivity contribution in [3.8, 4) is 11.8 Å². The van der Waals surface area contributed by atoms with Gasteiger partial charge < -0.3 is 19.7 Å². The average Bonchev–Trinajstić information content (AvgIpc) is 3.15. The van der Waals surface area contributed by atoms with Crippen molar-refractivity contribution >= 4 is 29.2 Å². The number of para-hydroxylation sites is 2. The number of benzene rings is 2. The first-order valence-electron chi connectivity index (χ1n) is 9.38. The van der Waals surface area contributed by atoms with Crippen molar-refractivity contribution in [3.63, 3.8) is 0 Å². The highest BCUT2D eigenvalue weighted by atomic mass is 16.5. The fourth-order valence-electron chi connectivity index (χ4n) is 3.15. The van der Waals surface area contributed by atoms with E-state index in [4.69, 9.17) is 14.7 Å². The number of ether oxygens (including phenoxy) is 2. The minimum atomic E-state index is -1.04. The Morgan fingerprint density at radius 3 is 2.57 bits per heavy atom. The van der Waals surface area contributed by atoms with Crippen LogP contribution >= 0.6 is 0 Å². The Balaban J connectivity index is 1.59. The molecule has 2 aromatic rings. The zero-order chi connectivity index (χ0) is 21.7. The van der Waals surface area contributed by atoms with E-state index in [1.807, 2.05) is 6.07 Å². The second kappa shape index (κ2) is 9.09. The van der Waals surface area contributed by atoms with E-state index in [0.717, 1.165) is 0 Å². The summed E-state index contributed by atoms with van der Waals surface area (Å²) in [4.78, 5) is 38.8. The quantitative estimate of drug-likeness (QED) is 0.737. The third-order valence-corrected chi connectivity index (χ3v) is 4.78. The molecule has 2 aromatic carbocycles. The number of hydrogen-bond acceptors (Lipinski definition) is 6. The van der Waals surface area contributed by atoms with Crippen LogP contribution in [0.1, 0.15) is 18.9 Å². The van der Waals surface area contributed by atoms with Gasteiger partial charge in [-0.25, -0.2) is 0 Å². The summed E-state index contributed by atoms with van der Waals surface area (Å²) in [5, 5.41) is 11.4. The van der Waals surface area contributed by atoms with Crippen LogP contribution in [0.4, 0.5) is 11.4 Å². The summed E-state index contributed by atoms with van der Waals surface area (Å²) in [5.74, 6) is -1.46. The summed E-state index contributed by atoms with van der Waals surface area (Å²) in [6, 6.07) is 15.4. The van der Waals surface area contributed by atoms with Crippen molar-refractivity contribution in [1.82, 2.24) is 0 Å². The molecule has 1 N–H and O–H groups in total. The third-order valence-electron chi connectivity index (χ3n) is 4.78. The predicted molar refractivity (Wildman–Crippen MR) is 109 cm³/mol. The molecular formula is C22H21N3O5. The van der Waals surface area contributed by atoms with Gasteiger partial charge in [-0.05, 0) is 43.3 Å². The number of nitrogens with zero attached hydrogens (tertiary/aromatic N) is 2. The number of rotatable bonds is 6. The number of nitriles is 1. The number of carbonyl (C=O) groups is 3. The van der Waals surface area contributed by atoms with E-state index in [9.17, 15) is 14.4 Å². The molecule has 2 amide bonds. The molecule has 1 aliphatic heterocycles. The molecule has 1 saturated heterocycles. The van der Waals surface area contributed by atoms with Gasteiger partial charge in [0.2, 0.25) is 5.91 Å². The van der Waals surface area contributed by atoms with Gasteiger partial charge in [-0.15, -0.1) is 0 Å². The standard InChI is InChI=1S/C22H21N3O5/c1-14(21(27)24-17-9-7-15(12-23)8-10-17)30-22(28)16-11-20(26)25(13-16)18-5-3-4-6-19(18)29-2/h3-10,14,16H,11,13H2,1-2H3,(H,24,27)/t14-,16-/m0/s1.